The van der Waals surface area contributed by atoms with Crippen molar-refractivity contribution in [2.75, 3.05) is 11.5 Å². The van der Waals surface area contributed by atoms with Crippen molar-refractivity contribution in [2.45, 2.75) is 25.9 Å². The van der Waals surface area contributed by atoms with Gasteiger partial charge in [-0.2, -0.15) is 0 Å². The van der Waals surface area contributed by atoms with Crippen LogP contribution < -0.4 is 10.6 Å². The number of rotatable bonds is 11. The van der Waals surface area contributed by atoms with E-state index in [2.05, 4.69) is 10.6 Å². The highest BCUT2D eigenvalue weighted by Crippen LogP contribution is 2.23. The summed E-state index contributed by atoms with van der Waals surface area (Å²) in [7, 11) is 2.75. The molecule has 2 aromatic rings. The zero-order valence-corrected chi connectivity index (χ0v) is 18.4. The van der Waals surface area contributed by atoms with Crippen LogP contribution in [0.4, 0.5) is 0 Å². The Hall–Kier alpha value is -2.58. The minimum absolute atomic E-state index is 0.145. The number of nitrogens with one attached hydrogen (secondary N) is 2. The van der Waals surface area contributed by atoms with Gasteiger partial charge in [0.2, 0.25) is 0 Å². The van der Waals surface area contributed by atoms with Crippen LogP contribution in [0.1, 0.15) is 34.6 Å². The summed E-state index contributed by atoms with van der Waals surface area (Å²) < 4.78 is 0. The van der Waals surface area contributed by atoms with Gasteiger partial charge < -0.3 is 10.6 Å². The Bertz CT molecular complexity index is 802. The summed E-state index contributed by atoms with van der Waals surface area (Å²) in [4.78, 5) is 48.4. The molecular formula is C22H24N2O4S2. The van der Waals surface area contributed by atoms with E-state index in [1.165, 1.54) is 35.4 Å². The number of hydrogen-bond acceptors (Lipinski definition) is 6. The minimum Gasteiger partial charge on any atom is -0.341 e. The zero-order chi connectivity index (χ0) is 21.9. The van der Waals surface area contributed by atoms with E-state index in [4.69, 9.17) is 0 Å². The summed E-state index contributed by atoms with van der Waals surface area (Å²) in [5, 5.41) is 5.48. The molecule has 2 N–H and O–H groups in total. The van der Waals surface area contributed by atoms with Crippen LogP contribution in [0.3, 0.4) is 0 Å². The highest BCUT2D eigenvalue weighted by atomic mass is 33.1. The molecule has 2 aromatic carbocycles. The van der Waals surface area contributed by atoms with Crippen molar-refractivity contribution in [3.05, 3.63) is 71.8 Å². The van der Waals surface area contributed by atoms with Crippen molar-refractivity contribution >= 4 is 45.0 Å². The first-order valence-electron chi connectivity index (χ1n) is 9.35. The lowest BCUT2D eigenvalue weighted by molar-refractivity contribution is -0.119. The molecule has 0 spiro atoms. The molecule has 0 fully saturated rings. The second-order valence-electron chi connectivity index (χ2n) is 6.57. The third kappa shape index (κ3) is 7.68. The van der Waals surface area contributed by atoms with E-state index >= 15 is 0 Å². The van der Waals surface area contributed by atoms with Crippen molar-refractivity contribution in [3.8, 4) is 0 Å². The number of benzene rings is 2. The second kappa shape index (κ2) is 12.2. The normalized spacial score (nSPS) is 12.5. The van der Waals surface area contributed by atoms with E-state index in [0.29, 0.717) is 22.6 Å². The van der Waals surface area contributed by atoms with Gasteiger partial charge in [-0.3, -0.25) is 19.2 Å². The van der Waals surface area contributed by atoms with Crippen LogP contribution in [0.5, 0.6) is 0 Å². The highest BCUT2D eigenvalue weighted by molar-refractivity contribution is 8.76. The van der Waals surface area contributed by atoms with Gasteiger partial charge in [-0.15, -0.1) is 0 Å². The van der Waals surface area contributed by atoms with E-state index < -0.39 is 12.1 Å². The van der Waals surface area contributed by atoms with Gasteiger partial charge in [0, 0.05) is 22.6 Å². The van der Waals surface area contributed by atoms with Gasteiger partial charge in [0.1, 0.15) is 0 Å². The first-order valence-corrected chi connectivity index (χ1v) is 11.8. The summed E-state index contributed by atoms with van der Waals surface area (Å²) in [6.45, 7) is 2.86. The van der Waals surface area contributed by atoms with Crippen LogP contribution in [0.25, 0.3) is 0 Å². The molecule has 0 saturated carbocycles. The summed E-state index contributed by atoms with van der Waals surface area (Å²) in [6.07, 6.45) is 0. The summed E-state index contributed by atoms with van der Waals surface area (Å²) in [6, 6.07) is 16.1. The molecule has 0 aliphatic carbocycles. The maximum atomic E-state index is 12.3. The third-order valence-electron chi connectivity index (χ3n) is 4.22. The maximum absolute atomic E-state index is 12.3. The van der Waals surface area contributed by atoms with Crippen LogP contribution >= 0.6 is 21.6 Å². The monoisotopic (exact) mass is 444 g/mol. The predicted octanol–water partition coefficient (Wildman–Crippen LogP) is 3.14. The molecule has 0 aliphatic rings. The van der Waals surface area contributed by atoms with Crippen molar-refractivity contribution in [1.82, 2.24) is 10.6 Å². The summed E-state index contributed by atoms with van der Waals surface area (Å²) >= 11 is 0. The highest BCUT2D eigenvalue weighted by Gasteiger charge is 2.21. The fourth-order valence-electron chi connectivity index (χ4n) is 2.42. The van der Waals surface area contributed by atoms with Crippen molar-refractivity contribution < 1.29 is 19.2 Å². The molecule has 0 radical (unpaired) electrons. The van der Waals surface area contributed by atoms with Crippen molar-refractivity contribution in [1.29, 1.82) is 0 Å². The average molecular weight is 445 g/mol. The lowest BCUT2D eigenvalue weighted by Gasteiger charge is -2.17. The molecule has 8 heteroatoms. The number of carbonyl (C=O) groups is 4. The molecule has 2 atom stereocenters. The van der Waals surface area contributed by atoms with E-state index in [1.54, 1.807) is 48.5 Å². The largest absolute Gasteiger partial charge is 0.341 e. The maximum Gasteiger partial charge on any atom is 0.251 e. The molecule has 30 heavy (non-hydrogen) atoms. The first-order chi connectivity index (χ1) is 14.4. The van der Waals surface area contributed by atoms with Crippen molar-refractivity contribution in [2.24, 2.45) is 0 Å². The molecule has 2 unspecified atom stereocenters. The smallest absolute Gasteiger partial charge is 0.251 e. The van der Waals surface area contributed by atoms with Gasteiger partial charge in [-0.1, -0.05) is 58.0 Å². The summed E-state index contributed by atoms with van der Waals surface area (Å²) in [5.41, 5.74) is 0.975. The minimum atomic E-state index is -0.634. The number of carbonyl (C=O) groups excluding carboxylic acids is 4. The van der Waals surface area contributed by atoms with Gasteiger partial charge in [0.05, 0.1) is 12.1 Å². The second-order valence-corrected chi connectivity index (χ2v) is 9.13. The Morgan fingerprint density at radius 3 is 1.30 bits per heavy atom. The zero-order valence-electron chi connectivity index (χ0n) is 16.8. The third-order valence-corrected chi connectivity index (χ3v) is 6.64. The summed E-state index contributed by atoms with van der Waals surface area (Å²) in [5.74, 6) is -0.192. The van der Waals surface area contributed by atoms with Crippen LogP contribution in [-0.2, 0) is 9.59 Å². The van der Waals surface area contributed by atoms with E-state index in [1.807, 2.05) is 12.1 Å². The Morgan fingerprint density at radius 1 is 0.667 bits per heavy atom. The topological polar surface area (TPSA) is 92.3 Å². The number of ketones is 2. The van der Waals surface area contributed by atoms with Crippen LogP contribution in [0, 0.1) is 0 Å². The molecule has 0 bridgehead atoms. The number of Topliss-reactive ketones (excluding diaryl/α,β-unsaturated/α-hetero) is 2. The van der Waals surface area contributed by atoms with Gasteiger partial charge in [-0.05, 0) is 38.1 Å². The Kier molecular flexibility index (Phi) is 9.63. The molecule has 0 aromatic heterocycles. The molecule has 0 saturated heterocycles. The van der Waals surface area contributed by atoms with Gasteiger partial charge in [0.15, 0.2) is 11.6 Å². The molecule has 158 valence electrons. The number of amides is 2. The molecule has 0 heterocycles. The van der Waals surface area contributed by atoms with Crippen LogP contribution in [0.2, 0.25) is 0 Å². The van der Waals surface area contributed by atoms with Crippen LogP contribution in [0.15, 0.2) is 60.7 Å². The van der Waals surface area contributed by atoms with Gasteiger partial charge in [-0.25, -0.2) is 0 Å². The molecule has 2 amide bonds. The average Bonchev–Trinajstić information content (AvgIpc) is 2.75. The van der Waals surface area contributed by atoms with Gasteiger partial charge in [0.25, 0.3) is 11.8 Å². The molecule has 0 aliphatic heterocycles. The van der Waals surface area contributed by atoms with E-state index in [0.717, 1.165) is 0 Å². The lowest BCUT2D eigenvalue weighted by atomic mass is 10.2. The first kappa shape index (κ1) is 23.7. The SMILES string of the molecule is CC(=O)C(CSSCC(NC(=O)c1ccccc1)C(C)=O)NC(=O)c1ccccc1. The Balaban J connectivity index is 1.83. The van der Waals surface area contributed by atoms with Crippen LogP contribution in [-0.4, -0.2) is 47.0 Å². The predicted molar refractivity (Wildman–Crippen MR) is 122 cm³/mol. The molecular weight excluding hydrogens is 420 g/mol. The van der Waals surface area contributed by atoms with E-state index in [9.17, 15) is 19.2 Å². The molecule has 6 nitrogen and oxygen atoms in total. The Labute approximate surface area is 184 Å². The van der Waals surface area contributed by atoms with Crippen molar-refractivity contribution in [3.63, 3.8) is 0 Å². The number of hydrogen-bond donors (Lipinski definition) is 2. The Morgan fingerprint density at radius 2 is 1.00 bits per heavy atom. The lowest BCUT2D eigenvalue weighted by Crippen LogP contribution is -2.42. The van der Waals surface area contributed by atoms with E-state index in [-0.39, 0.29) is 23.4 Å². The van der Waals surface area contributed by atoms with Gasteiger partial charge >= 0.3 is 0 Å². The fourth-order valence-corrected chi connectivity index (χ4v) is 4.91. The quantitative estimate of drug-likeness (QED) is 0.409. The molecule has 2 rings (SSSR count). The fraction of sp³-hybridized carbons (Fsp3) is 0.273. The standard InChI is InChI=1S/C22H24N2O4S2/c1-15(25)19(23-21(27)17-9-5-3-6-10-17)13-29-30-14-20(16(2)26)24-22(28)18-11-7-4-8-12-18/h3-12,19-20H,13-14H2,1-2H3,(H,23,27)(H,24,28).